The number of carbonyl (C=O) groups excluding carboxylic acids is 2. The number of likely N-dealkylation sites (N-methyl/N-ethyl adjacent to an activating group) is 1. The van der Waals surface area contributed by atoms with Crippen molar-refractivity contribution in [1.82, 2.24) is 19.7 Å². The Morgan fingerprint density at radius 2 is 1.83 bits per heavy atom. The summed E-state index contributed by atoms with van der Waals surface area (Å²) < 4.78 is 1.84. The third-order valence-electron chi connectivity index (χ3n) is 4.61. The lowest BCUT2D eigenvalue weighted by Crippen LogP contribution is -2.39. The van der Waals surface area contributed by atoms with Gasteiger partial charge in [-0.05, 0) is 37.1 Å². The molecule has 0 spiro atoms. The number of benzene rings is 2. The first-order valence-corrected chi connectivity index (χ1v) is 10.6. The van der Waals surface area contributed by atoms with Crippen LogP contribution in [0.2, 0.25) is 0 Å². The van der Waals surface area contributed by atoms with Crippen molar-refractivity contribution in [2.45, 2.75) is 30.7 Å². The number of nitrogens with zero attached hydrogens (tertiary/aromatic N) is 4. The van der Waals surface area contributed by atoms with E-state index in [-0.39, 0.29) is 18.4 Å². The van der Waals surface area contributed by atoms with E-state index in [1.165, 1.54) is 16.7 Å². The SMILES string of the molecule is CCc1ccccc1NC(=O)CN(C)C(=O)C(C)Sc1nncn1-c1ccccc1. The average molecular weight is 424 g/mol. The van der Waals surface area contributed by atoms with Gasteiger partial charge in [0, 0.05) is 18.4 Å². The van der Waals surface area contributed by atoms with Crippen LogP contribution in [-0.4, -0.2) is 50.3 Å². The monoisotopic (exact) mass is 423 g/mol. The van der Waals surface area contributed by atoms with Crippen molar-refractivity contribution in [3.63, 3.8) is 0 Å². The van der Waals surface area contributed by atoms with Gasteiger partial charge in [-0.15, -0.1) is 10.2 Å². The first kappa shape index (κ1) is 21.6. The Labute approximate surface area is 180 Å². The van der Waals surface area contributed by atoms with Crippen molar-refractivity contribution in [1.29, 1.82) is 0 Å². The number of hydrogen-bond donors (Lipinski definition) is 1. The quantitative estimate of drug-likeness (QED) is 0.562. The average Bonchev–Trinajstić information content (AvgIpc) is 3.22. The van der Waals surface area contributed by atoms with E-state index in [1.54, 1.807) is 20.3 Å². The molecule has 1 unspecified atom stereocenters. The molecule has 2 amide bonds. The highest BCUT2D eigenvalue weighted by atomic mass is 32.2. The van der Waals surface area contributed by atoms with E-state index < -0.39 is 5.25 Å². The molecule has 0 radical (unpaired) electrons. The Hall–Kier alpha value is -3.13. The Kier molecular flexibility index (Phi) is 7.24. The molecule has 3 aromatic rings. The topological polar surface area (TPSA) is 80.1 Å². The minimum atomic E-state index is -0.419. The second kappa shape index (κ2) is 10.1. The van der Waals surface area contributed by atoms with Crippen LogP contribution < -0.4 is 5.32 Å². The number of aromatic nitrogens is 3. The highest BCUT2D eigenvalue weighted by Crippen LogP contribution is 2.24. The van der Waals surface area contributed by atoms with Crippen molar-refractivity contribution in [3.05, 3.63) is 66.5 Å². The molecular formula is C22H25N5O2S. The van der Waals surface area contributed by atoms with Crippen LogP contribution in [0.15, 0.2) is 66.1 Å². The second-order valence-corrected chi connectivity index (χ2v) is 8.14. The third kappa shape index (κ3) is 5.27. The van der Waals surface area contributed by atoms with Crippen molar-refractivity contribution in [2.75, 3.05) is 18.9 Å². The molecule has 0 aliphatic carbocycles. The Balaban J connectivity index is 1.60. The maximum Gasteiger partial charge on any atom is 0.243 e. The Morgan fingerprint density at radius 3 is 2.57 bits per heavy atom. The number of para-hydroxylation sites is 2. The van der Waals surface area contributed by atoms with Crippen molar-refractivity contribution in [2.24, 2.45) is 0 Å². The van der Waals surface area contributed by atoms with E-state index in [0.29, 0.717) is 5.16 Å². The molecule has 1 heterocycles. The Bertz CT molecular complexity index is 1010. The van der Waals surface area contributed by atoms with Crippen molar-refractivity contribution < 1.29 is 9.59 Å². The van der Waals surface area contributed by atoms with Gasteiger partial charge in [-0.3, -0.25) is 14.2 Å². The van der Waals surface area contributed by atoms with Crippen LogP contribution in [0.3, 0.4) is 0 Å². The lowest BCUT2D eigenvalue weighted by molar-refractivity contribution is -0.132. The van der Waals surface area contributed by atoms with Crippen LogP contribution in [0.4, 0.5) is 5.69 Å². The number of rotatable bonds is 8. The fraction of sp³-hybridized carbons (Fsp3) is 0.273. The number of nitrogens with one attached hydrogen (secondary N) is 1. The fourth-order valence-electron chi connectivity index (χ4n) is 3.02. The summed E-state index contributed by atoms with van der Waals surface area (Å²) in [6.45, 7) is 3.82. The predicted octanol–water partition coefficient (Wildman–Crippen LogP) is 3.41. The molecule has 1 N–H and O–H groups in total. The van der Waals surface area contributed by atoms with Crippen LogP contribution in [0.1, 0.15) is 19.4 Å². The van der Waals surface area contributed by atoms with E-state index in [1.807, 2.05) is 66.1 Å². The molecule has 30 heavy (non-hydrogen) atoms. The number of aryl methyl sites for hydroxylation is 1. The molecule has 0 aliphatic heterocycles. The summed E-state index contributed by atoms with van der Waals surface area (Å²) in [4.78, 5) is 26.7. The largest absolute Gasteiger partial charge is 0.335 e. The molecule has 1 aromatic heterocycles. The maximum absolute atomic E-state index is 12.8. The van der Waals surface area contributed by atoms with Crippen LogP contribution in [0.25, 0.3) is 5.69 Å². The summed E-state index contributed by atoms with van der Waals surface area (Å²) in [6, 6.07) is 17.4. The summed E-state index contributed by atoms with van der Waals surface area (Å²) in [6.07, 6.45) is 2.44. The van der Waals surface area contributed by atoms with Crippen molar-refractivity contribution >= 4 is 29.3 Å². The van der Waals surface area contributed by atoms with E-state index in [4.69, 9.17) is 0 Å². The first-order chi connectivity index (χ1) is 14.5. The van der Waals surface area contributed by atoms with Gasteiger partial charge in [0.05, 0.1) is 11.8 Å². The van der Waals surface area contributed by atoms with Gasteiger partial charge in [0.25, 0.3) is 0 Å². The van der Waals surface area contributed by atoms with E-state index in [0.717, 1.165) is 23.4 Å². The van der Waals surface area contributed by atoms with Gasteiger partial charge in [0.2, 0.25) is 11.8 Å². The van der Waals surface area contributed by atoms with E-state index in [2.05, 4.69) is 15.5 Å². The molecule has 8 heteroatoms. The number of carbonyl (C=O) groups is 2. The summed E-state index contributed by atoms with van der Waals surface area (Å²) in [5, 5.41) is 11.2. The fourth-order valence-corrected chi connectivity index (χ4v) is 3.98. The van der Waals surface area contributed by atoms with Crippen LogP contribution >= 0.6 is 11.8 Å². The lowest BCUT2D eigenvalue weighted by atomic mass is 10.1. The zero-order valence-corrected chi connectivity index (χ0v) is 18.1. The predicted molar refractivity (Wildman–Crippen MR) is 119 cm³/mol. The standard InChI is InChI=1S/C22H25N5O2S/c1-4-17-10-8-9-13-19(17)24-20(28)14-26(3)21(29)16(2)30-22-25-23-15-27(22)18-11-6-5-7-12-18/h5-13,15-16H,4,14H2,1-3H3,(H,24,28). The van der Waals surface area contributed by atoms with Gasteiger partial charge in [-0.1, -0.05) is 55.1 Å². The van der Waals surface area contributed by atoms with Crippen LogP contribution in [0.5, 0.6) is 0 Å². The molecule has 0 saturated carbocycles. The molecule has 0 fully saturated rings. The number of hydrogen-bond acceptors (Lipinski definition) is 5. The molecule has 1 atom stereocenters. The molecule has 0 bridgehead atoms. The highest BCUT2D eigenvalue weighted by molar-refractivity contribution is 8.00. The minimum Gasteiger partial charge on any atom is -0.335 e. The number of anilines is 1. The second-order valence-electron chi connectivity index (χ2n) is 6.83. The molecule has 0 aliphatic rings. The van der Waals surface area contributed by atoms with Gasteiger partial charge in [-0.25, -0.2) is 0 Å². The van der Waals surface area contributed by atoms with Gasteiger partial charge in [0.15, 0.2) is 5.16 Å². The normalized spacial score (nSPS) is 11.7. The lowest BCUT2D eigenvalue weighted by Gasteiger charge is -2.21. The molecule has 2 aromatic carbocycles. The molecule has 0 saturated heterocycles. The molecule has 3 rings (SSSR count). The number of amides is 2. The summed E-state index contributed by atoms with van der Waals surface area (Å²) in [7, 11) is 1.63. The van der Waals surface area contributed by atoms with Crippen LogP contribution in [0, 0.1) is 0 Å². The summed E-state index contributed by atoms with van der Waals surface area (Å²) in [5.74, 6) is -0.377. The molecule has 156 valence electrons. The van der Waals surface area contributed by atoms with Gasteiger partial charge < -0.3 is 10.2 Å². The van der Waals surface area contributed by atoms with Gasteiger partial charge in [0.1, 0.15) is 6.33 Å². The number of thioether (sulfide) groups is 1. The summed E-state index contributed by atoms with van der Waals surface area (Å²) in [5.41, 5.74) is 2.76. The van der Waals surface area contributed by atoms with Gasteiger partial charge >= 0.3 is 0 Å². The zero-order valence-electron chi connectivity index (χ0n) is 17.3. The Morgan fingerprint density at radius 1 is 1.13 bits per heavy atom. The van der Waals surface area contributed by atoms with Crippen molar-refractivity contribution in [3.8, 4) is 5.69 Å². The minimum absolute atomic E-state index is 0.0207. The smallest absolute Gasteiger partial charge is 0.243 e. The van der Waals surface area contributed by atoms with E-state index >= 15 is 0 Å². The first-order valence-electron chi connectivity index (χ1n) is 9.74. The third-order valence-corrected chi connectivity index (χ3v) is 5.65. The highest BCUT2D eigenvalue weighted by Gasteiger charge is 2.23. The molecule has 7 nitrogen and oxygen atoms in total. The van der Waals surface area contributed by atoms with Gasteiger partial charge in [-0.2, -0.15) is 0 Å². The summed E-state index contributed by atoms with van der Waals surface area (Å²) >= 11 is 1.31. The van der Waals surface area contributed by atoms with Crippen LogP contribution in [-0.2, 0) is 16.0 Å². The van der Waals surface area contributed by atoms with E-state index in [9.17, 15) is 9.59 Å². The molecular weight excluding hydrogens is 398 g/mol. The zero-order chi connectivity index (χ0) is 21.5. The maximum atomic E-state index is 12.8.